The van der Waals surface area contributed by atoms with E-state index in [4.69, 9.17) is 9.72 Å². The molecule has 4 rings (SSSR count). The minimum absolute atomic E-state index is 0. The van der Waals surface area contributed by atoms with Gasteiger partial charge < -0.3 is 10.1 Å². The molecule has 0 radical (unpaired) electrons. The van der Waals surface area contributed by atoms with Crippen molar-refractivity contribution in [3.05, 3.63) is 46.8 Å². The van der Waals surface area contributed by atoms with Crippen molar-refractivity contribution in [3.63, 3.8) is 0 Å². The van der Waals surface area contributed by atoms with Gasteiger partial charge in [-0.25, -0.2) is 9.78 Å². The van der Waals surface area contributed by atoms with Crippen LogP contribution in [0, 0.1) is 0 Å². The summed E-state index contributed by atoms with van der Waals surface area (Å²) in [6, 6.07) is 7.15. The monoisotopic (exact) mass is 443 g/mol. The van der Waals surface area contributed by atoms with Gasteiger partial charge in [-0.05, 0) is 32.2 Å². The smallest absolute Gasteiger partial charge is 0.415 e. The molecule has 0 saturated carbocycles. The number of hydrogen-bond acceptors (Lipinski definition) is 6. The second-order valence-electron chi connectivity index (χ2n) is 8.80. The number of fused-ring (bicyclic) bond motifs is 1. The molecule has 4 heterocycles. The lowest BCUT2D eigenvalue weighted by molar-refractivity contribution is 0.0995. The average Bonchev–Trinajstić information content (AvgIpc) is 3.21. The predicted octanol–water partition coefficient (Wildman–Crippen LogP) is 3.11. The molecule has 2 amide bonds. The van der Waals surface area contributed by atoms with E-state index in [-0.39, 0.29) is 30.9 Å². The Morgan fingerprint density at radius 1 is 1.19 bits per heavy atom. The second-order valence-corrected chi connectivity index (χ2v) is 8.80. The van der Waals surface area contributed by atoms with Crippen LogP contribution in [0.4, 0.5) is 16.4 Å². The predicted molar refractivity (Wildman–Crippen MR) is 124 cm³/mol. The molecule has 0 spiro atoms. The molecular formula is C22H29N5O3S. The Hall–Kier alpha value is -2.65. The Kier molecular flexibility index (Phi) is 6.29. The van der Waals surface area contributed by atoms with Crippen LogP contribution in [-0.2, 0) is 23.2 Å². The fourth-order valence-electron chi connectivity index (χ4n) is 3.78. The number of anilines is 2. The molecule has 1 saturated heterocycles. The summed E-state index contributed by atoms with van der Waals surface area (Å²) in [5.41, 5.74) is 3.18. The number of pyridine rings is 2. The third-order valence-electron chi connectivity index (χ3n) is 5.44. The highest BCUT2D eigenvalue weighted by Crippen LogP contribution is 2.33. The van der Waals surface area contributed by atoms with E-state index < -0.39 is 6.09 Å². The van der Waals surface area contributed by atoms with Crippen LogP contribution in [-0.4, -0.2) is 41.7 Å². The van der Waals surface area contributed by atoms with Crippen LogP contribution in [0.5, 0.6) is 0 Å². The lowest BCUT2D eigenvalue weighted by Crippen LogP contribution is -2.32. The Balaban J connectivity index is 0.00000272. The zero-order chi connectivity index (χ0) is 21.6. The summed E-state index contributed by atoms with van der Waals surface area (Å²) in [6.45, 7) is 9.47. The van der Waals surface area contributed by atoms with E-state index in [0.29, 0.717) is 36.9 Å². The Morgan fingerprint density at radius 2 is 1.90 bits per heavy atom. The van der Waals surface area contributed by atoms with E-state index in [9.17, 15) is 9.59 Å². The average molecular weight is 444 g/mol. The van der Waals surface area contributed by atoms with Crippen molar-refractivity contribution in [1.82, 2.24) is 15.3 Å². The van der Waals surface area contributed by atoms with Crippen molar-refractivity contribution < 1.29 is 14.3 Å². The largest absolute Gasteiger partial charge is 0.447 e. The summed E-state index contributed by atoms with van der Waals surface area (Å²) in [6.07, 6.45) is -0.418. The number of nitrogens with one attached hydrogen (secondary N) is 1. The van der Waals surface area contributed by atoms with Gasteiger partial charge in [0.05, 0.1) is 18.3 Å². The maximum atomic E-state index is 13.3. The molecule has 0 unspecified atom stereocenters. The first-order valence-corrected chi connectivity index (χ1v) is 10.1. The molecule has 2 aromatic rings. The fraction of sp³-hybridized carbons (Fsp3) is 0.455. The van der Waals surface area contributed by atoms with Crippen LogP contribution in [0.25, 0.3) is 0 Å². The first kappa shape index (κ1) is 23.0. The maximum Gasteiger partial charge on any atom is 0.415 e. The normalized spacial score (nSPS) is 18.2. The SMILES string of the molecule is CNCc1nc(C(C)(C)C)cc2c1CN(c1cccc(N3C(=O)OC[C@@H]3C)n1)C2=O.S. The van der Waals surface area contributed by atoms with Crippen molar-refractivity contribution in [2.75, 3.05) is 23.5 Å². The van der Waals surface area contributed by atoms with Crippen molar-refractivity contribution in [3.8, 4) is 0 Å². The van der Waals surface area contributed by atoms with Gasteiger partial charge in [0.15, 0.2) is 0 Å². The van der Waals surface area contributed by atoms with Crippen molar-refractivity contribution in [1.29, 1.82) is 0 Å². The number of ether oxygens (including phenoxy) is 1. The molecule has 0 bridgehead atoms. The summed E-state index contributed by atoms with van der Waals surface area (Å²) < 4.78 is 5.11. The lowest BCUT2D eigenvalue weighted by atomic mass is 9.89. The zero-order valence-corrected chi connectivity index (χ0v) is 19.5. The maximum absolute atomic E-state index is 13.3. The van der Waals surface area contributed by atoms with Gasteiger partial charge in [-0.1, -0.05) is 26.8 Å². The summed E-state index contributed by atoms with van der Waals surface area (Å²) in [5, 5.41) is 3.15. The summed E-state index contributed by atoms with van der Waals surface area (Å²) in [7, 11) is 1.87. The highest BCUT2D eigenvalue weighted by molar-refractivity contribution is 7.59. The summed E-state index contributed by atoms with van der Waals surface area (Å²) in [4.78, 5) is 38.0. The first-order valence-electron chi connectivity index (χ1n) is 10.1. The van der Waals surface area contributed by atoms with Gasteiger partial charge in [-0.15, -0.1) is 0 Å². The number of aromatic nitrogens is 2. The molecule has 0 aliphatic carbocycles. The van der Waals surface area contributed by atoms with Crippen molar-refractivity contribution >= 4 is 37.1 Å². The van der Waals surface area contributed by atoms with Gasteiger partial charge in [0.25, 0.3) is 5.91 Å². The van der Waals surface area contributed by atoms with Crippen molar-refractivity contribution in [2.45, 2.75) is 52.2 Å². The molecule has 8 nitrogen and oxygen atoms in total. The fourth-order valence-corrected chi connectivity index (χ4v) is 3.78. The van der Waals surface area contributed by atoms with Crippen LogP contribution in [0.15, 0.2) is 24.3 Å². The van der Waals surface area contributed by atoms with E-state index >= 15 is 0 Å². The summed E-state index contributed by atoms with van der Waals surface area (Å²) in [5.74, 6) is 0.889. The third-order valence-corrected chi connectivity index (χ3v) is 5.44. The van der Waals surface area contributed by atoms with Gasteiger partial charge >= 0.3 is 6.09 Å². The van der Waals surface area contributed by atoms with Gasteiger partial charge in [0.2, 0.25) is 0 Å². The van der Waals surface area contributed by atoms with E-state index in [1.165, 1.54) is 4.90 Å². The molecule has 166 valence electrons. The van der Waals surface area contributed by atoms with Gasteiger partial charge in [-0.2, -0.15) is 13.5 Å². The number of amides is 2. The highest BCUT2D eigenvalue weighted by Gasteiger charge is 2.36. The Morgan fingerprint density at radius 3 is 2.52 bits per heavy atom. The van der Waals surface area contributed by atoms with Crippen LogP contribution in [0.2, 0.25) is 0 Å². The molecule has 1 atom stereocenters. The Labute approximate surface area is 189 Å². The highest BCUT2D eigenvalue weighted by atomic mass is 32.1. The minimum atomic E-state index is -0.418. The number of cyclic esters (lactones) is 1. The van der Waals surface area contributed by atoms with Gasteiger partial charge in [0, 0.05) is 28.8 Å². The quantitative estimate of drug-likeness (QED) is 0.781. The minimum Gasteiger partial charge on any atom is -0.447 e. The topological polar surface area (TPSA) is 87.7 Å². The second kappa shape index (κ2) is 8.47. The number of hydrogen-bond donors (Lipinski definition) is 1. The van der Waals surface area contributed by atoms with Gasteiger partial charge in [-0.3, -0.25) is 19.6 Å². The van der Waals surface area contributed by atoms with Crippen molar-refractivity contribution in [2.24, 2.45) is 0 Å². The van der Waals surface area contributed by atoms with Crippen LogP contribution in [0.3, 0.4) is 0 Å². The number of nitrogens with zero attached hydrogens (tertiary/aromatic N) is 4. The number of carbonyl (C=O) groups is 2. The number of carbonyl (C=O) groups excluding carboxylic acids is 2. The molecule has 0 aromatic carbocycles. The van der Waals surface area contributed by atoms with E-state index in [1.807, 2.05) is 20.0 Å². The molecule has 2 aliphatic rings. The van der Waals surface area contributed by atoms with E-state index in [0.717, 1.165) is 17.0 Å². The van der Waals surface area contributed by atoms with Gasteiger partial charge in [0.1, 0.15) is 18.2 Å². The standard InChI is InChI=1S/C22H27N5O3.H2S/c1-13-12-30-21(29)27(13)19-8-6-7-18(25-19)26-11-15-14(20(26)28)9-17(22(2,3)4)24-16(15)10-23-5;/h6-9,13,23H,10-12H2,1-5H3;1H2/t13-;/m0./s1. The van der Waals surface area contributed by atoms with Crippen LogP contribution < -0.4 is 15.1 Å². The molecule has 31 heavy (non-hydrogen) atoms. The third kappa shape index (κ3) is 4.12. The van der Waals surface area contributed by atoms with Crippen LogP contribution >= 0.6 is 13.5 Å². The van der Waals surface area contributed by atoms with E-state index in [2.05, 4.69) is 31.1 Å². The molecule has 1 fully saturated rings. The molecule has 9 heteroatoms. The molecular weight excluding hydrogens is 414 g/mol. The Bertz CT molecular complexity index is 1020. The molecule has 2 aromatic heterocycles. The zero-order valence-electron chi connectivity index (χ0n) is 18.5. The number of rotatable bonds is 4. The summed E-state index contributed by atoms with van der Waals surface area (Å²) >= 11 is 0. The first-order chi connectivity index (χ1) is 14.2. The lowest BCUT2D eigenvalue weighted by Gasteiger charge is -2.20. The van der Waals surface area contributed by atoms with Crippen LogP contribution in [0.1, 0.15) is 55.0 Å². The molecule has 1 N–H and O–H groups in total. The van der Waals surface area contributed by atoms with E-state index in [1.54, 1.807) is 23.1 Å². The molecule has 2 aliphatic heterocycles.